The van der Waals surface area contributed by atoms with Crippen LogP contribution >= 0.6 is 11.6 Å². The van der Waals surface area contributed by atoms with Crippen LogP contribution in [0, 0.1) is 11.8 Å². The zero-order valence-electron chi connectivity index (χ0n) is 18.1. The molecule has 2 aromatic rings. The Morgan fingerprint density at radius 2 is 1.69 bits per heavy atom. The van der Waals surface area contributed by atoms with E-state index in [0.717, 1.165) is 29.7 Å². The Labute approximate surface area is 192 Å². The quantitative estimate of drug-likeness (QED) is 0.495. The maximum atomic E-state index is 13.8. The van der Waals surface area contributed by atoms with E-state index >= 15 is 0 Å². The zero-order valence-corrected chi connectivity index (χ0v) is 18.9. The van der Waals surface area contributed by atoms with Gasteiger partial charge in [-0.05, 0) is 49.2 Å². The van der Waals surface area contributed by atoms with Crippen LogP contribution in [0.15, 0.2) is 54.6 Å². The van der Waals surface area contributed by atoms with Gasteiger partial charge >= 0.3 is 0 Å². The van der Waals surface area contributed by atoms with Crippen molar-refractivity contribution in [2.45, 2.75) is 38.8 Å². The fraction of sp³-hybridized carbons (Fsp3) is 0.346. The normalized spacial score (nSPS) is 26.0. The molecule has 5 nitrogen and oxygen atoms in total. The molecule has 0 spiro atoms. The highest BCUT2D eigenvalue weighted by molar-refractivity contribution is 6.30. The van der Waals surface area contributed by atoms with E-state index in [4.69, 9.17) is 11.6 Å². The van der Waals surface area contributed by atoms with Gasteiger partial charge in [0.25, 0.3) is 0 Å². The summed E-state index contributed by atoms with van der Waals surface area (Å²) in [5, 5.41) is 0.545. The maximum Gasteiger partial charge on any atom is 0.235 e. The Morgan fingerprint density at radius 3 is 2.41 bits per heavy atom. The summed E-state index contributed by atoms with van der Waals surface area (Å²) in [7, 11) is 0. The van der Waals surface area contributed by atoms with Gasteiger partial charge in [-0.15, -0.1) is 0 Å². The number of anilines is 1. The first-order valence-corrected chi connectivity index (χ1v) is 11.5. The highest BCUT2D eigenvalue weighted by Gasteiger charge is 2.64. The molecule has 2 aromatic carbocycles. The maximum absolute atomic E-state index is 13.8. The first-order chi connectivity index (χ1) is 15.4. The monoisotopic (exact) mass is 448 g/mol. The van der Waals surface area contributed by atoms with Crippen molar-refractivity contribution in [3.05, 3.63) is 70.8 Å². The Balaban J connectivity index is 1.64. The van der Waals surface area contributed by atoms with Crippen molar-refractivity contribution in [3.8, 4) is 0 Å². The summed E-state index contributed by atoms with van der Waals surface area (Å²) >= 11 is 6.03. The number of rotatable bonds is 5. The van der Waals surface area contributed by atoms with Crippen LogP contribution in [0.2, 0.25) is 5.02 Å². The van der Waals surface area contributed by atoms with Crippen molar-refractivity contribution >= 4 is 40.5 Å². The molecule has 6 heteroatoms. The number of nitrogens with zero attached hydrogens (tertiary/aromatic N) is 2. The molecule has 3 aliphatic rings. The number of benzene rings is 2. The Morgan fingerprint density at radius 1 is 1.00 bits per heavy atom. The number of allylic oxidation sites excluding steroid dienone is 1. The van der Waals surface area contributed by atoms with Crippen molar-refractivity contribution < 1.29 is 14.4 Å². The number of imide groups is 1. The van der Waals surface area contributed by atoms with Gasteiger partial charge in [-0.2, -0.15) is 0 Å². The predicted molar refractivity (Wildman–Crippen MR) is 125 cm³/mol. The standard InChI is InChI=1S/C26H25ClN2O3/c1-3-4-13-28-25(31)21-20-14-15(2)18-7-5-6-8-19(18)29(20)23(22(21)26(28)32)24(30)16-9-11-17(27)12-10-16/h5-12,14,20-23H,3-4,13H2,1-2H3/t20-,21-,22+,23-/m0/s1. The smallest absolute Gasteiger partial charge is 0.235 e. The van der Waals surface area contributed by atoms with E-state index in [1.807, 2.05) is 43.0 Å². The topological polar surface area (TPSA) is 57.7 Å². The molecular formula is C26H25ClN2O3. The van der Waals surface area contributed by atoms with Gasteiger partial charge < -0.3 is 4.90 Å². The van der Waals surface area contributed by atoms with E-state index in [-0.39, 0.29) is 23.6 Å². The zero-order chi connectivity index (χ0) is 22.6. The lowest BCUT2D eigenvalue weighted by atomic mass is 9.85. The summed E-state index contributed by atoms with van der Waals surface area (Å²) < 4.78 is 0. The van der Waals surface area contributed by atoms with Gasteiger partial charge in [0.15, 0.2) is 5.78 Å². The molecule has 32 heavy (non-hydrogen) atoms. The molecule has 0 aromatic heterocycles. The first-order valence-electron chi connectivity index (χ1n) is 11.1. The van der Waals surface area contributed by atoms with Crippen molar-refractivity contribution in [2.75, 3.05) is 11.4 Å². The van der Waals surface area contributed by atoms with E-state index in [9.17, 15) is 14.4 Å². The number of hydrogen-bond acceptors (Lipinski definition) is 4. The van der Waals surface area contributed by atoms with Crippen LogP contribution in [0.5, 0.6) is 0 Å². The lowest BCUT2D eigenvalue weighted by Crippen LogP contribution is -2.49. The third-order valence-electron chi connectivity index (χ3n) is 6.98. The number of likely N-dealkylation sites (tertiary alicyclic amines) is 1. The number of carbonyl (C=O) groups excluding carboxylic acids is 3. The van der Waals surface area contributed by atoms with E-state index < -0.39 is 17.9 Å². The molecule has 0 saturated carbocycles. The minimum absolute atomic E-state index is 0.152. The van der Waals surface area contributed by atoms with E-state index in [0.29, 0.717) is 17.1 Å². The molecule has 4 atom stereocenters. The second kappa shape index (κ2) is 7.89. The lowest BCUT2D eigenvalue weighted by Gasteiger charge is -2.38. The molecule has 0 aliphatic carbocycles. The minimum atomic E-state index is -0.736. The predicted octanol–water partition coefficient (Wildman–Crippen LogP) is 4.60. The Bertz CT molecular complexity index is 1140. The SMILES string of the molecule is CCCCN1C(=O)[C@@H]2[C@@H](C1=O)[C@@H]1C=C(C)c3ccccc3N1[C@@H]2C(=O)c1ccc(Cl)cc1. The summed E-state index contributed by atoms with van der Waals surface area (Å²) in [4.78, 5) is 44.2. The molecule has 0 unspecified atom stereocenters. The van der Waals surface area contributed by atoms with Gasteiger partial charge in [0.05, 0.1) is 17.9 Å². The summed E-state index contributed by atoms with van der Waals surface area (Å²) in [6, 6.07) is 13.6. The number of amides is 2. The number of ketones is 1. The highest BCUT2D eigenvalue weighted by atomic mass is 35.5. The number of fused-ring (bicyclic) bond motifs is 5. The Hall–Kier alpha value is -2.92. The molecule has 0 N–H and O–H groups in total. The third-order valence-corrected chi connectivity index (χ3v) is 7.23. The summed E-state index contributed by atoms with van der Waals surface area (Å²) in [6.07, 6.45) is 3.71. The number of hydrogen-bond donors (Lipinski definition) is 0. The molecule has 2 amide bonds. The van der Waals surface area contributed by atoms with E-state index in [2.05, 4.69) is 6.08 Å². The van der Waals surface area contributed by atoms with Crippen molar-refractivity contribution in [1.82, 2.24) is 4.90 Å². The lowest BCUT2D eigenvalue weighted by molar-refractivity contribution is -0.140. The van der Waals surface area contributed by atoms with Gasteiger partial charge in [0.1, 0.15) is 6.04 Å². The number of unbranched alkanes of at least 4 members (excludes halogenated alkanes) is 1. The molecule has 2 fully saturated rings. The molecule has 0 bridgehead atoms. The third kappa shape index (κ3) is 3.02. The highest BCUT2D eigenvalue weighted by Crippen LogP contribution is 2.50. The van der Waals surface area contributed by atoms with Gasteiger partial charge in [-0.1, -0.05) is 49.2 Å². The minimum Gasteiger partial charge on any atom is -0.352 e. The second-order valence-corrected chi connectivity index (χ2v) is 9.25. The van der Waals surface area contributed by atoms with Crippen LogP contribution < -0.4 is 4.90 Å². The Kier molecular flexibility index (Phi) is 5.17. The number of Topliss-reactive ketones (excluding diaryl/α,β-unsaturated/α-hetero) is 1. The van der Waals surface area contributed by atoms with Crippen molar-refractivity contribution in [3.63, 3.8) is 0 Å². The van der Waals surface area contributed by atoms with Gasteiger partial charge in [0.2, 0.25) is 11.8 Å². The van der Waals surface area contributed by atoms with Crippen LogP contribution in [-0.2, 0) is 9.59 Å². The first kappa shape index (κ1) is 21.0. The van der Waals surface area contributed by atoms with E-state index in [1.54, 1.807) is 24.3 Å². The van der Waals surface area contributed by atoms with Crippen molar-refractivity contribution in [1.29, 1.82) is 0 Å². The molecule has 3 heterocycles. The van der Waals surface area contributed by atoms with Gasteiger partial charge in [-0.3, -0.25) is 19.3 Å². The molecule has 5 rings (SSSR count). The van der Waals surface area contributed by atoms with Crippen molar-refractivity contribution in [2.24, 2.45) is 11.8 Å². The molecular weight excluding hydrogens is 424 g/mol. The second-order valence-electron chi connectivity index (χ2n) is 8.81. The number of para-hydroxylation sites is 1. The van der Waals surface area contributed by atoms with Crippen LogP contribution in [0.1, 0.15) is 42.6 Å². The molecule has 0 radical (unpaired) electrons. The number of halogens is 1. The van der Waals surface area contributed by atoms with Gasteiger partial charge in [0, 0.05) is 28.4 Å². The number of carbonyl (C=O) groups is 3. The largest absolute Gasteiger partial charge is 0.352 e. The van der Waals surface area contributed by atoms with Crippen LogP contribution in [0.25, 0.3) is 5.57 Å². The van der Waals surface area contributed by atoms with Crippen LogP contribution in [-0.4, -0.2) is 41.1 Å². The average molecular weight is 449 g/mol. The van der Waals surface area contributed by atoms with Crippen LogP contribution in [0.3, 0.4) is 0 Å². The fourth-order valence-corrected chi connectivity index (χ4v) is 5.61. The molecule has 3 aliphatic heterocycles. The fourth-order valence-electron chi connectivity index (χ4n) is 5.48. The average Bonchev–Trinajstić information content (AvgIpc) is 3.25. The van der Waals surface area contributed by atoms with E-state index in [1.165, 1.54) is 4.90 Å². The van der Waals surface area contributed by atoms with Gasteiger partial charge in [-0.25, -0.2) is 0 Å². The summed E-state index contributed by atoms with van der Waals surface area (Å²) in [5.41, 5.74) is 3.49. The summed E-state index contributed by atoms with van der Waals surface area (Å²) in [6.45, 7) is 4.47. The summed E-state index contributed by atoms with van der Waals surface area (Å²) in [5.74, 6) is -1.77. The molecule has 2 saturated heterocycles. The van der Waals surface area contributed by atoms with Crippen LogP contribution in [0.4, 0.5) is 5.69 Å². The molecule has 164 valence electrons.